The lowest BCUT2D eigenvalue weighted by Gasteiger charge is -2.11. The Kier molecular flexibility index (Phi) is 4.02. The van der Waals surface area contributed by atoms with Crippen molar-refractivity contribution in [2.75, 3.05) is 12.3 Å². The van der Waals surface area contributed by atoms with Crippen LogP contribution in [0, 0.1) is 11.8 Å². The minimum atomic E-state index is -0.0854. The van der Waals surface area contributed by atoms with Crippen LogP contribution in [0.3, 0.4) is 0 Å². The number of carbonyl (C=O) groups is 1. The maximum Gasteiger partial charge on any atom is 0.258 e. The molecule has 2 N–H and O–H groups in total. The van der Waals surface area contributed by atoms with E-state index in [4.69, 9.17) is 5.73 Å². The third-order valence-electron chi connectivity index (χ3n) is 3.94. The molecule has 0 aromatic carbocycles. The second kappa shape index (κ2) is 6.13. The van der Waals surface area contributed by atoms with Crippen LogP contribution < -0.4 is 5.73 Å². The maximum absolute atomic E-state index is 12.4. The topological polar surface area (TPSA) is 77.0 Å². The Morgan fingerprint density at radius 3 is 3.09 bits per heavy atom. The van der Waals surface area contributed by atoms with Crippen LogP contribution in [-0.4, -0.2) is 32.1 Å². The number of hydrogen-bond acceptors (Lipinski definition) is 4. The van der Waals surface area contributed by atoms with Gasteiger partial charge in [0.2, 0.25) is 0 Å². The van der Waals surface area contributed by atoms with Crippen LogP contribution in [0.5, 0.6) is 0 Å². The van der Waals surface area contributed by atoms with Gasteiger partial charge in [-0.15, -0.1) is 18.4 Å². The van der Waals surface area contributed by atoms with Gasteiger partial charge < -0.3 is 10.6 Å². The first-order valence-corrected chi connectivity index (χ1v) is 7.61. The van der Waals surface area contributed by atoms with Crippen molar-refractivity contribution in [1.82, 2.24) is 19.7 Å². The van der Waals surface area contributed by atoms with Gasteiger partial charge in [0.1, 0.15) is 0 Å². The monoisotopic (exact) mass is 309 g/mol. The SMILES string of the molecule is C=CCN1Cc2nc3c(cnn3CCCC#CC)c(N)c2C1=O. The molecule has 3 heterocycles. The summed E-state index contributed by atoms with van der Waals surface area (Å²) >= 11 is 0. The van der Waals surface area contributed by atoms with Crippen molar-refractivity contribution in [1.29, 1.82) is 0 Å². The van der Waals surface area contributed by atoms with E-state index in [0.717, 1.165) is 36.1 Å². The fourth-order valence-electron chi connectivity index (χ4n) is 2.83. The zero-order chi connectivity index (χ0) is 16.4. The molecule has 1 aliphatic heterocycles. The molecule has 0 fully saturated rings. The van der Waals surface area contributed by atoms with Crippen molar-refractivity contribution in [2.24, 2.45) is 0 Å². The summed E-state index contributed by atoms with van der Waals surface area (Å²) < 4.78 is 1.84. The highest BCUT2D eigenvalue weighted by molar-refractivity contribution is 6.08. The van der Waals surface area contributed by atoms with E-state index in [-0.39, 0.29) is 5.91 Å². The van der Waals surface area contributed by atoms with Gasteiger partial charge in [-0.2, -0.15) is 5.10 Å². The predicted molar refractivity (Wildman–Crippen MR) is 89.6 cm³/mol. The molecule has 0 saturated carbocycles. The van der Waals surface area contributed by atoms with Crippen molar-refractivity contribution in [3.63, 3.8) is 0 Å². The zero-order valence-electron chi connectivity index (χ0n) is 13.2. The number of nitrogens with zero attached hydrogens (tertiary/aromatic N) is 4. The number of nitrogens with two attached hydrogens (primary N) is 1. The molecule has 0 aliphatic carbocycles. The fraction of sp³-hybridized carbons (Fsp3) is 0.353. The molecule has 118 valence electrons. The molecule has 0 bridgehead atoms. The highest BCUT2D eigenvalue weighted by Crippen LogP contribution is 2.32. The Labute approximate surface area is 135 Å². The van der Waals surface area contributed by atoms with Gasteiger partial charge in [0.15, 0.2) is 5.65 Å². The van der Waals surface area contributed by atoms with Crippen molar-refractivity contribution < 1.29 is 4.79 Å². The molecule has 1 aliphatic rings. The summed E-state index contributed by atoms with van der Waals surface area (Å²) in [4.78, 5) is 18.8. The Hall–Kier alpha value is -2.81. The summed E-state index contributed by atoms with van der Waals surface area (Å²) in [6.07, 6.45) is 5.12. The third kappa shape index (κ3) is 2.55. The first-order valence-electron chi connectivity index (χ1n) is 7.61. The number of hydrogen-bond donors (Lipinski definition) is 1. The quantitative estimate of drug-likeness (QED) is 0.520. The van der Waals surface area contributed by atoms with Crippen molar-refractivity contribution >= 4 is 22.6 Å². The number of nitrogen functional groups attached to an aromatic ring is 1. The summed E-state index contributed by atoms with van der Waals surface area (Å²) in [6.45, 7) is 7.20. The number of rotatable bonds is 5. The van der Waals surface area contributed by atoms with Crippen LogP contribution in [-0.2, 0) is 13.1 Å². The van der Waals surface area contributed by atoms with E-state index in [2.05, 4.69) is 28.5 Å². The Morgan fingerprint density at radius 2 is 2.35 bits per heavy atom. The molecule has 2 aromatic rings. The number of aromatic nitrogens is 3. The first-order chi connectivity index (χ1) is 11.2. The number of fused-ring (bicyclic) bond motifs is 2. The van der Waals surface area contributed by atoms with Gasteiger partial charge >= 0.3 is 0 Å². The molecular weight excluding hydrogens is 290 g/mol. The molecule has 23 heavy (non-hydrogen) atoms. The second-order valence-corrected chi connectivity index (χ2v) is 5.46. The molecular formula is C17H19N5O. The van der Waals surface area contributed by atoms with Gasteiger partial charge in [0, 0.05) is 19.5 Å². The predicted octanol–water partition coefficient (Wildman–Crippen LogP) is 1.96. The molecule has 6 heteroatoms. The Balaban J connectivity index is 1.96. The smallest absolute Gasteiger partial charge is 0.258 e. The Morgan fingerprint density at radius 1 is 1.52 bits per heavy atom. The largest absolute Gasteiger partial charge is 0.397 e. The maximum atomic E-state index is 12.4. The van der Waals surface area contributed by atoms with Crippen molar-refractivity contribution in [2.45, 2.75) is 32.9 Å². The fourth-order valence-corrected chi connectivity index (χ4v) is 2.83. The molecule has 6 nitrogen and oxygen atoms in total. The average molecular weight is 309 g/mol. The minimum absolute atomic E-state index is 0.0854. The third-order valence-corrected chi connectivity index (χ3v) is 3.94. The number of aryl methyl sites for hydroxylation is 1. The lowest BCUT2D eigenvalue weighted by Crippen LogP contribution is -2.24. The molecule has 0 unspecified atom stereocenters. The van der Waals surface area contributed by atoms with Crippen LogP contribution in [0.2, 0.25) is 0 Å². The zero-order valence-corrected chi connectivity index (χ0v) is 13.2. The summed E-state index contributed by atoms with van der Waals surface area (Å²) in [5, 5.41) is 5.09. The summed E-state index contributed by atoms with van der Waals surface area (Å²) in [5.74, 6) is 5.84. The lowest BCUT2D eigenvalue weighted by molar-refractivity contribution is 0.0797. The van der Waals surface area contributed by atoms with Gasteiger partial charge in [-0.3, -0.25) is 4.79 Å². The molecule has 0 atom stereocenters. The number of carbonyl (C=O) groups excluding carboxylic acids is 1. The van der Waals surface area contributed by atoms with Gasteiger partial charge in [-0.05, 0) is 13.3 Å². The van der Waals surface area contributed by atoms with E-state index in [1.54, 1.807) is 17.2 Å². The molecule has 2 aromatic heterocycles. The summed E-state index contributed by atoms with van der Waals surface area (Å²) in [5.41, 5.74) is 8.66. The highest BCUT2D eigenvalue weighted by Gasteiger charge is 2.32. The molecule has 3 rings (SSSR count). The summed E-state index contributed by atoms with van der Waals surface area (Å²) in [6, 6.07) is 0. The minimum Gasteiger partial charge on any atom is -0.397 e. The molecule has 0 radical (unpaired) electrons. The van der Waals surface area contributed by atoms with E-state index in [1.807, 2.05) is 11.6 Å². The van der Waals surface area contributed by atoms with Crippen LogP contribution in [0.15, 0.2) is 18.9 Å². The number of anilines is 1. The summed E-state index contributed by atoms with van der Waals surface area (Å²) in [7, 11) is 0. The molecule has 0 spiro atoms. The molecule has 0 saturated heterocycles. The average Bonchev–Trinajstić information content (AvgIpc) is 3.07. The van der Waals surface area contributed by atoms with E-state index < -0.39 is 0 Å². The van der Waals surface area contributed by atoms with Gasteiger partial charge in [-0.25, -0.2) is 9.67 Å². The van der Waals surface area contributed by atoms with Crippen LogP contribution in [0.25, 0.3) is 11.0 Å². The van der Waals surface area contributed by atoms with Crippen LogP contribution in [0.1, 0.15) is 35.8 Å². The van der Waals surface area contributed by atoms with Gasteiger partial charge in [-0.1, -0.05) is 6.08 Å². The van der Waals surface area contributed by atoms with Crippen molar-refractivity contribution in [3.05, 3.63) is 30.1 Å². The number of amides is 1. The lowest BCUT2D eigenvalue weighted by atomic mass is 10.1. The van der Waals surface area contributed by atoms with Gasteiger partial charge in [0.05, 0.1) is 35.1 Å². The standard InChI is InChI=1S/C17H19N5O/c1-3-5-6-7-9-22-16-12(10-19-22)15(18)14-13(20-16)11-21(8-4-2)17(14)23/h4,10H,2,6-9,11H2,1H3,(H2,18,20). The van der Waals surface area contributed by atoms with Gasteiger partial charge in [0.25, 0.3) is 5.91 Å². The number of unbranched alkanes of at least 4 members (excludes halogenated alkanes) is 1. The van der Waals surface area contributed by atoms with E-state index >= 15 is 0 Å². The normalized spacial score (nSPS) is 13.1. The van der Waals surface area contributed by atoms with Crippen LogP contribution >= 0.6 is 0 Å². The van der Waals surface area contributed by atoms with Crippen LogP contribution in [0.4, 0.5) is 5.69 Å². The van der Waals surface area contributed by atoms with Crippen molar-refractivity contribution in [3.8, 4) is 11.8 Å². The molecule has 1 amide bonds. The second-order valence-electron chi connectivity index (χ2n) is 5.46. The first kappa shape index (κ1) is 15.1. The Bertz CT molecular complexity index is 840. The number of pyridine rings is 1. The highest BCUT2D eigenvalue weighted by atomic mass is 16.2. The van der Waals surface area contributed by atoms with E-state index in [9.17, 15) is 4.79 Å². The van der Waals surface area contributed by atoms with E-state index in [1.165, 1.54) is 0 Å². The van der Waals surface area contributed by atoms with E-state index in [0.29, 0.717) is 24.3 Å².